The van der Waals surface area contributed by atoms with E-state index in [9.17, 15) is 4.79 Å². The first-order valence-corrected chi connectivity index (χ1v) is 8.93. The average molecular weight is 320 g/mol. The maximum Gasteiger partial charge on any atom is 0.246 e. The molecule has 1 amide bonds. The standard InChI is InChI=1S/C21H24N2O/c1-16-10-12-18(13-11-16)23-20-9-5-6-14-22(20)19(21(23)24)15-17-7-3-2-4-8-17/h2-4,7-8,10-13,19-20H,5-6,9,14-15H2,1H3. The summed E-state index contributed by atoms with van der Waals surface area (Å²) in [4.78, 5) is 17.7. The zero-order chi connectivity index (χ0) is 16.5. The van der Waals surface area contributed by atoms with Crippen molar-refractivity contribution in [3.05, 3.63) is 65.7 Å². The minimum absolute atomic E-state index is 0.0287. The van der Waals surface area contributed by atoms with E-state index >= 15 is 0 Å². The Morgan fingerprint density at radius 1 is 1.00 bits per heavy atom. The number of fused-ring (bicyclic) bond motifs is 1. The van der Waals surface area contributed by atoms with Crippen LogP contribution in [0, 0.1) is 6.92 Å². The third-order valence-corrected chi connectivity index (χ3v) is 5.32. The van der Waals surface area contributed by atoms with Gasteiger partial charge in [0.2, 0.25) is 5.91 Å². The van der Waals surface area contributed by atoms with Crippen molar-refractivity contribution in [1.29, 1.82) is 0 Å². The minimum atomic E-state index is -0.0287. The van der Waals surface area contributed by atoms with E-state index < -0.39 is 0 Å². The molecule has 3 heteroatoms. The van der Waals surface area contributed by atoms with Crippen LogP contribution in [-0.4, -0.2) is 29.6 Å². The summed E-state index contributed by atoms with van der Waals surface area (Å²) in [5.41, 5.74) is 3.51. The van der Waals surface area contributed by atoms with Crippen LogP contribution in [0.2, 0.25) is 0 Å². The molecule has 2 atom stereocenters. The highest BCUT2D eigenvalue weighted by Crippen LogP contribution is 2.35. The molecule has 2 aliphatic rings. The quantitative estimate of drug-likeness (QED) is 0.859. The Balaban J connectivity index is 1.65. The van der Waals surface area contributed by atoms with Crippen molar-refractivity contribution in [2.45, 2.75) is 44.8 Å². The topological polar surface area (TPSA) is 23.6 Å². The first kappa shape index (κ1) is 15.4. The Bertz CT molecular complexity index is 710. The molecule has 4 rings (SSSR count). The van der Waals surface area contributed by atoms with E-state index in [0.29, 0.717) is 0 Å². The summed E-state index contributed by atoms with van der Waals surface area (Å²) in [6.07, 6.45) is 4.50. The predicted octanol–water partition coefficient (Wildman–Crippen LogP) is 3.76. The molecule has 2 heterocycles. The first-order valence-electron chi connectivity index (χ1n) is 8.93. The van der Waals surface area contributed by atoms with Gasteiger partial charge in [0.15, 0.2) is 0 Å². The molecule has 2 aromatic carbocycles. The van der Waals surface area contributed by atoms with E-state index in [4.69, 9.17) is 0 Å². The highest BCUT2D eigenvalue weighted by molar-refractivity contribution is 6.00. The third kappa shape index (κ3) is 2.73. The Hall–Kier alpha value is -2.13. The number of hydrogen-bond acceptors (Lipinski definition) is 2. The van der Waals surface area contributed by atoms with Gasteiger partial charge in [-0.05, 0) is 50.3 Å². The molecule has 2 fully saturated rings. The van der Waals surface area contributed by atoms with Gasteiger partial charge in [0.1, 0.15) is 0 Å². The van der Waals surface area contributed by atoms with Crippen molar-refractivity contribution < 1.29 is 4.79 Å². The summed E-state index contributed by atoms with van der Waals surface area (Å²) < 4.78 is 0. The number of nitrogens with zero attached hydrogens (tertiary/aromatic N) is 2. The van der Waals surface area contributed by atoms with Crippen LogP contribution < -0.4 is 4.90 Å². The van der Waals surface area contributed by atoms with E-state index in [2.05, 4.69) is 60.4 Å². The van der Waals surface area contributed by atoms with Crippen LogP contribution in [0.3, 0.4) is 0 Å². The second kappa shape index (κ2) is 6.40. The molecule has 0 radical (unpaired) electrons. The van der Waals surface area contributed by atoms with Crippen molar-refractivity contribution in [1.82, 2.24) is 4.90 Å². The van der Waals surface area contributed by atoms with Crippen LogP contribution in [0.1, 0.15) is 30.4 Å². The maximum atomic E-state index is 13.2. The van der Waals surface area contributed by atoms with Gasteiger partial charge in [-0.15, -0.1) is 0 Å². The van der Waals surface area contributed by atoms with Gasteiger partial charge in [-0.3, -0.25) is 14.6 Å². The van der Waals surface area contributed by atoms with Crippen LogP contribution in [-0.2, 0) is 11.2 Å². The molecular weight excluding hydrogens is 296 g/mol. The fraction of sp³-hybridized carbons (Fsp3) is 0.381. The normalized spacial score (nSPS) is 24.2. The smallest absolute Gasteiger partial charge is 0.246 e. The van der Waals surface area contributed by atoms with E-state index in [1.807, 2.05) is 11.0 Å². The summed E-state index contributed by atoms with van der Waals surface area (Å²) in [5, 5.41) is 0. The molecule has 0 spiro atoms. The van der Waals surface area contributed by atoms with Gasteiger partial charge in [-0.2, -0.15) is 0 Å². The molecule has 3 nitrogen and oxygen atoms in total. The van der Waals surface area contributed by atoms with Crippen LogP contribution in [0.5, 0.6) is 0 Å². The number of amides is 1. The Labute approximate surface area is 143 Å². The van der Waals surface area contributed by atoms with Crippen molar-refractivity contribution in [2.75, 3.05) is 11.4 Å². The SMILES string of the molecule is Cc1ccc(N2C(=O)C(Cc3ccccc3)N3CCCCC23)cc1. The number of aryl methyl sites for hydroxylation is 1. The lowest BCUT2D eigenvalue weighted by molar-refractivity contribution is -0.119. The fourth-order valence-corrected chi connectivity index (χ4v) is 4.07. The van der Waals surface area contributed by atoms with Gasteiger partial charge in [-0.1, -0.05) is 48.0 Å². The van der Waals surface area contributed by atoms with Gasteiger partial charge in [0, 0.05) is 12.2 Å². The Morgan fingerprint density at radius 3 is 2.50 bits per heavy atom. The molecule has 24 heavy (non-hydrogen) atoms. The van der Waals surface area contributed by atoms with E-state index in [0.717, 1.165) is 25.1 Å². The average Bonchev–Trinajstić information content (AvgIpc) is 2.89. The summed E-state index contributed by atoms with van der Waals surface area (Å²) in [6.45, 7) is 3.11. The largest absolute Gasteiger partial charge is 0.295 e. The number of hydrogen-bond donors (Lipinski definition) is 0. The molecule has 0 bridgehead atoms. The Kier molecular flexibility index (Phi) is 4.11. The lowest BCUT2D eigenvalue weighted by atomic mass is 10.0. The van der Waals surface area contributed by atoms with Crippen molar-refractivity contribution >= 4 is 11.6 Å². The number of rotatable bonds is 3. The Morgan fingerprint density at radius 2 is 1.75 bits per heavy atom. The molecule has 2 aromatic rings. The van der Waals surface area contributed by atoms with Gasteiger partial charge in [-0.25, -0.2) is 0 Å². The van der Waals surface area contributed by atoms with E-state index in [1.165, 1.54) is 24.0 Å². The molecule has 124 valence electrons. The van der Waals surface area contributed by atoms with Crippen LogP contribution in [0.4, 0.5) is 5.69 Å². The number of benzene rings is 2. The molecule has 0 N–H and O–H groups in total. The van der Waals surface area contributed by atoms with Crippen molar-refractivity contribution in [3.8, 4) is 0 Å². The lowest BCUT2D eigenvalue weighted by Crippen LogP contribution is -2.44. The molecule has 2 unspecified atom stereocenters. The highest BCUT2D eigenvalue weighted by atomic mass is 16.2. The number of carbonyl (C=O) groups is 1. The second-order valence-electron chi connectivity index (χ2n) is 6.96. The minimum Gasteiger partial charge on any atom is -0.295 e. The van der Waals surface area contributed by atoms with Crippen molar-refractivity contribution in [3.63, 3.8) is 0 Å². The zero-order valence-electron chi connectivity index (χ0n) is 14.2. The number of anilines is 1. The highest BCUT2D eigenvalue weighted by Gasteiger charge is 2.47. The fourth-order valence-electron chi connectivity index (χ4n) is 4.07. The van der Waals surface area contributed by atoms with Crippen LogP contribution in [0.25, 0.3) is 0 Å². The molecule has 0 saturated carbocycles. The van der Waals surface area contributed by atoms with Crippen LogP contribution >= 0.6 is 0 Å². The molecule has 2 saturated heterocycles. The molecular formula is C21H24N2O. The number of carbonyl (C=O) groups excluding carboxylic acids is 1. The molecule has 0 aliphatic carbocycles. The summed E-state index contributed by atoms with van der Waals surface area (Å²) in [6, 6.07) is 18.7. The maximum absolute atomic E-state index is 13.2. The number of piperidine rings is 1. The zero-order valence-corrected chi connectivity index (χ0v) is 14.2. The van der Waals surface area contributed by atoms with E-state index in [1.54, 1.807) is 0 Å². The van der Waals surface area contributed by atoms with E-state index in [-0.39, 0.29) is 18.1 Å². The van der Waals surface area contributed by atoms with Crippen molar-refractivity contribution in [2.24, 2.45) is 0 Å². The van der Waals surface area contributed by atoms with Gasteiger partial charge in [0.25, 0.3) is 0 Å². The molecule has 0 aromatic heterocycles. The second-order valence-corrected chi connectivity index (χ2v) is 6.96. The predicted molar refractivity (Wildman–Crippen MR) is 96.9 cm³/mol. The van der Waals surface area contributed by atoms with Gasteiger partial charge >= 0.3 is 0 Å². The summed E-state index contributed by atoms with van der Waals surface area (Å²) in [7, 11) is 0. The lowest BCUT2D eigenvalue weighted by Gasteiger charge is -2.35. The first-order chi connectivity index (χ1) is 11.7. The van der Waals surface area contributed by atoms with Gasteiger partial charge < -0.3 is 0 Å². The monoisotopic (exact) mass is 320 g/mol. The summed E-state index contributed by atoms with van der Waals surface area (Å²) >= 11 is 0. The van der Waals surface area contributed by atoms with Gasteiger partial charge in [0.05, 0.1) is 12.2 Å². The molecule has 2 aliphatic heterocycles. The third-order valence-electron chi connectivity index (χ3n) is 5.32. The van der Waals surface area contributed by atoms with Crippen LogP contribution in [0.15, 0.2) is 54.6 Å². The summed E-state index contributed by atoms with van der Waals surface area (Å²) in [5.74, 6) is 0.259.